The van der Waals surface area contributed by atoms with Gasteiger partial charge in [0.2, 0.25) is 0 Å². The smallest absolute Gasteiger partial charge is 0.0439 e. The molecule has 1 aromatic rings. The Balaban J connectivity index is 2.00. The van der Waals surface area contributed by atoms with Crippen LogP contribution in [0.4, 0.5) is 0 Å². The van der Waals surface area contributed by atoms with E-state index in [1.54, 1.807) is 6.20 Å². The zero-order chi connectivity index (χ0) is 9.10. The van der Waals surface area contributed by atoms with E-state index in [0.717, 1.165) is 36.1 Å². The Hall–Kier alpha value is -0.600. The third kappa shape index (κ3) is 2.42. The molecule has 1 N–H and O–H groups in total. The van der Waals surface area contributed by atoms with Crippen LogP contribution >= 0.6 is 11.6 Å². The predicted octanol–water partition coefficient (Wildman–Crippen LogP) is 1.89. The number of hydrogen-bond donors (Lipinski definition) is 1. The first kappa shape index (κ1) is 8.97. The van der Waals surface area contributed by atoms with Crippen LogP contribution in [0.15, 0.2) is 18.3 Å². The number of rotatable bonds is 2. The molecule has 0 saturated carbocycles. The van der Waals surface area contributed by atoms with Crippen molar-refractivity contribution in [2.45, 2.75) is 12.8 Å². The fourth-order valence-corrected chi connectivity index (χ4v) is 1.93. The van der Waals surface area contributed by atoms with E-state index < -0.39 is 0 Å². The third-order valence-corrected chi connectivity index (χ3v) is 2.67. The van der Waals surface area contributed by atoms with Crippen LogP contribution in [0.1, 0.15) is 12.1 Å². The summed E-state index contributed by atoms with van der Waals surface area (Å²) in [7, 11) is 0. The summed E-state index contributed by atoms with van der Waals surface area (Å²) in [5, 5.41) is 4.13. The largest absolute Gasteiger partial charge is 0.316 e. The maximum absolute atomic E-state index is 5.87. The second-order valence-corrected chi connectivity index (χ2v) is 3.96. The molecule has 1 aliphatic heterocycles. The second-order valence-electron chi connectivity index (χ2n) is 3.53. The molecule has 2 nitrogen and oxygen atoms in total. The van der Waals surface area contributed by atoms with Gasteiger partial charge in [-0.3, -0.25) is 4.98 Å². The molecule has 0 radical (unpaired) electrons. The summed E-state index contributed by atoms with van der Waals surface area (Å²) in [4.78, 5) is 4.29. The van der Waals surface area contributed by atoms with E-state index >= 15 is 0 Å². The first-order valence-electron chi connectivity index (χ1n) is 4.66. The minimum absolute atomic E-state index is 0.742. The number of aromatic nitrogens is 1. The summed E-state index contributed by atoms with van der Waals surface area (Å²) in [6, 6.07) is 3.78. The summed E-state index contributed by atoms with van der Waals surface area (Å²) >= 11 is 5.87. The predicted molar refractivity (Wildman–Crippen MR) is 53.9 cm³/mol. The summed E-state index contributed by atoms with van der Waals surface area (Å²) in [6.07, 6.45) is 4.09. The molecule has 0 aromatic carbocycles. The molecular weight excluding hydrogens is 184 g/mol. The van der Waals surface area contributed by atoms with Crippen molar-refractivity contribution < 1.29 is 0 Å². The van der Waals surface area contributed by atoms with E-state index in [-0.39, 0.29) is 0 Å². The topological polar surface area (TPSA) is 24.9 Å². The Morgan fingerprint density at radius 3 is 3.23 bits per heavy atom. The minimum Gasteiger partial charge on any atom is -0.316 e. The van der Waals surface area contributed by atoms with Crippen LogP contribution in [-0.2, 0) is 6.42 Å². The summed E-state index contributed by atoms with van der Waals surface area (Å²) in [6.45, 7) is 2.26. The third-order valence-electron chi connectivity index (χ3n) is 2.44. The highest BCUT2D eigenvalue weighted by molar-refractivity contribution is 6.30. The van der Waals surface area contributed by atoms with Crippen LogP contribution in [0.5, 0.6) is 0 Å². The van der Waals surface area contributed by atoms with Crippen LogP contribution in [0.2, 0.25) is 5.02 Å². The lowest BCUT2D eigenvalue weighted by atomic mass is 10.0. The van der Waals surface area contributed by atoms with Crippen molar-refractivity contribution >= 4 is 11.6 Å². The second kappa shape index (κ2) is 4.07. The van der Waals surface area contributed by atoms with Crippen molar-refractivity contribution in [3.63, 3.8) is 0 Å². The van der Waals surface area contributed by atoms with Gasteiger partial charge >= 0.3 is 0 Å². The molecule has 1 saturated heterocycles. The van der Waals surface area contributed by atoms with Gasteiger partial charge in [0.25, 0.3) is 0 Å². The van der Waals surface area contributed by atoms with Gasteiger partial charge < -0.3 is 5.32 Å². The van der Waals surface area contributed by atoms with Crippen LogP contribution in [0.3, 0.4) is 0 Å². The molecule has 2 rings (SSSR count). The van der Waals surface area contributed by atoms with E-state index in [1.807, 2.05) is 12.1 Å². The zero-order valence-electron chi connectivity index (χ0n) is 7.46. The molecule has 1 unspecified atom stereocenters. The average Bonchev–Trinajstić information content (AvgIpc) is 2.57. The molecule has 0 bridgehead atoms. The molecule has 1 fully saturated rings. The van der Waals surface area contributed by atoms with Gasteiger partial charge in [-0.05, 0) is 44.0 Å². The molecule has 13 heavy (non-hydrogen) atoms. The lowest BCUT2D eigenvalue weighted by molar-refractivity contribution is 0.572. The number of pyridine rings is 1. The fourth-order valence-electron chi connectivity index (χ4n) is 1.74. The standard InChI is InChI=1S/C10H13ClN2/c11-9-2-4-13-10(6-9)5-8-1-3-12-7-8/h2,4,6,8,12H,1,3,5,7H2. The maximum atomic E-state index is 5.87. The lowest BCUT2D eigenvalue weighted by Crippen LogP contribution is -2.11. The summed E-state index contributed by atoms with van der Waals surface area (Å²) < 4.78 is 0. The normalized spacial score (nSPS) is 22.1. The van der Waals surface area contributed by atoms with E-state index in [2.05, 4.69) is 10.3 Å². The fraction of sp³-hybridized carbons (Fsp3) is 0.500. The van der Waals surface area contributed by atoms with Crippen LogP contribution in [-0.4, -0.2) is 18.1 Å². The highest BCUT2D eigenvalue weighted by atomic mass is 35.5. The van der Waals surface area contributed by atoms with E-state index in [4.69, 9.17) is 11.6 Å². The molecule has 1 aliphatic rings. The lowest BCUT2D eigenvalue weighted by Gasteiger charge is -2.06. The van der Waals surface area contributed by atoms with Gasteiger partial charge in [-0.2, -0.15) is 0 Å². The molecule has 3 heteroatoms. The highest BCUT2D eigenvalue weighted by Crippen LogP contribution is 2.15. The van der Waals surface area contributed by atoms with Crippen LogP contribution < -0.4 is 5.32 Å². The Morgan fingerprint density at radius 1 is 1.62 bits per heavy atom. The van der Waals surface area contributed by atoms with Gasteiger partial charge in [-0.15, -0.1) is 0 Å². The van der Waals surface area contributed by atoms with Gasteiger partial charge in [-0.1, -0.05) is 11.6 Å². The molecule has 1 aromatic heterocycles. The summed E-state index contributed by atoms with van der Waals surface area (Å²) in [5.74, 6) is 0.742. The van der Waals surface area contributed by atoms with Gasteiger partial charge in [0.1, 0.15) is 0 Å². The van der Waals surface area contributed by atoms with Crippen molar-refractivity contribution in [2.24, 2.45) is 5.92 Å². The van der Waals surface area contributed by atoms with Crippen molar-refractivity contribution in [1.29, 1.82) is 0 Å². The van der Waals surface area contributed by atoms with E-state index in [0.29, 0.717) is 0 Å². The number of hydrogen-bond acceptors (Lipinski definition) is 2. The number of halogens is 1. The van der Waals surface area contributed by atoms with Gasteiger partial charge in [0.15, 0.2) is 0 Å². The van der Waals surface area contributed by atoms with Crippen molar-refractivity contribution in [3.8, 4) is 0 Å². The van der Waals surface area contributed by atoms with Crippen molar-refractivity contribution in [1.82, 2.24) is 10.3 Å². The van der Waals surface area contributed by atoms with Gasteiger partial charge in [0.05, 0.1) is 0 Å². The summed E-state index contributed by atoms with van der Waals surface area (Å²) in [5.41, 5.74) is 1.11. The van der Waals surface area contributed by atoms with E-state index in [9.17, 15) is 0 Å². The molecule has 0 aliphatic carbocycles. The van der Waals surface area contributed by atoms with E-state index in [1.165, 1.54) is 6.42 Å². The van der Waals surface area contributed by atoms with Crippen molar-refractivity contribution in [3.05, 3.63) is 29.0 Å². The zero-order valence-corrected chi connectivity index (χ0v) is 8.22. The molecule has 0 spiro atoms. The Labute approximate surface area is 83.3 Å². The van der Waals surface area contributed by atoms with Gasteiger partial charge in [0, 0.05) is 16.9 Å². The molecular formula is C10H13ClN2. The van der Waals surface area contributed by atoms with Crippen molar-refractivity contribution in [2.75, 3.05) is 13.1 Å². The SMILES string of the molecule is Clc1ccnc(CC2CCNC2)c1. The monoisotopic (exact) mass is 196 g/mol. The molecule has 0 amide bonds. The highest BCUT2D eigenvalue weighted by Gasteiger charge is 2.15. The number of nitrogens with zero attached hydrogens (tertiary/aromatic N) is 1. The average molecular weight is 197 g/mol. The number of nitrogens with one attached hydrogen (secondary N) is 1. The quantitative estimate of drug-likeness (QED) is 0.782. The first-order valence-corrected chi connectivity index (χ1v) is 5.03. The molecule has 1 atom stereocenters. The Bertz CT molecular complexity index is 282. The minimum atomic E-state index is 0.742. The van der Waals surface area contributed by atoms with Crippen LogP contribution in [0.25, 0.3) is 0 Å². The Kier molecular flexibility index (Phi) is 2.81. The molecule has 2 heterocycles. The Morgan fingerprint density at radius 2 is 2.54 bits per heavy atom. The van der Waals surface area contributed by atoms with Crippen LogP contribution in [0, 0.1) is 5.92 Å². The first-order chi connectivity index (χ1) is 6.34. The van der Waals surface area contributed by atoms with Gasteiger partial charge in [-0.25, -0.2) is 0 Å². The maximum Gasteiger partial charge on any atom is 0.0439 e. The molecule has 70 valence electrons.